The maximum absolute atomic E-state index is 11.6. The second kappa shape index (κ2) is 5.51. The number of Topliss-reactive ketones (excluding diaryl/α,β-unsaturated/α-hetero) is 1. The van der Waals surface area contributed by atoms with Crippen LogP contribution in [0.25, 0.3) is 0 Å². The van der Waals surface area contributed by atoms with Crippen molar-refractivity contribution in [1.82, 2.24) is 0 Å². The van der Waals surface area contributed by atoms with Gasteiger partial charge in [0.05, 0.1) is 24.3 Å². The van der Waals surface area contributed by atoms with Crippen LogP contribution in [0.5, 0.6) is 5.75 Å². The van der Waals surface area contributed by atoms with Gasteiger partial charge in [0.2, 0.25) is 0 Å². The zero-order chi connectivity index (χ0) is 12.1. The molecule has 0 atom stereocenters. The van der Waals surface area contributed by atoms with Crippen LogP contribution in [0, 0.1) is 0 Å². The molecule has 0 fully saturated rings. The fourth-order valence-corrected chi connectivity index (χ4v) is 1.44. The standard InChI is InChI=1S/C11H11ClO4/c1-3-16-11(14)10(13)7-5-4-6-8(15-2)9(7)12/h4-6H,3H2,1-2H3. The molecule has 0 radical (unpaired) electrons. The molecule has 86 valence electrons. The molecule has 1 aromatic carbocycles. The Labute approximate surface area is 98.1 Å². The average Bonchev–Trinajstić information content (AvgIpc) is 2.29. The van der Waals surface area contributed by atoms with Crippen LogP contribution in [0.4, 0.5) is 0 Å². The minimum absolute atomic E-state index is 0.0828. The molecule has 0 aliphatic heterocycles. The first-order valence-corrected chi connectivity index (χ1v) is 5.03. The van der Waals surface area contributed by atoms with E-state index in [1.54, 1.807) is 19.1 Å². The fraction of sp³-hybridized carbons (Fsp3) is 0.273. The normalized spacial score (nSPS) is 9.69. The van der Waals surface area contributed by atoms with Gasteiger partial charge in [0, 0.05) is 0 Å². The van der Waals surface area contributed by atoms with Crippen molar-refractivity contribution in [3.63, 3.8) is 0 Å². The number of halogens is 1. The van der Waals surface area contributed by atoms with E-state index in [2.05, 4.69) is 4.74 Å². The van der Waals surface area contributed by atoms with Crippen molar-refractivity contribution in [2.24, 2.45) is 0 Å². The second-order valence-corrected chi connectivity index (χ2v) is 3.25. The van der Waals surface area contributed by atoms with Crippen LogP contribution in [-0.4, -0.2) is 25.5 Å². The molecule has 0 heterocycles. The van der Waals surface area contributed by atoms with Gasteiger partial charge in [-0.2, -0.15) is 0 Å². The van der Waals surface area contributed by atoms with Gasteiger partial charge in [-0.25, -0.2) is 4.79 Å². The molecule has 0 unspecified atom stereocenters. The van der Waals surface area contributed by atoms with Gasteiger partial charge in [0.15, 0.2) is 0 Å². The van der Waals surface area contributed by atoms with Crippen molar-refractivity contribution in [1.29, 1.82) is 0 Å². The summed E-state index contributed by atoms with van der Waals surface area (Å²) in [5, 5.41) is 0.114. The molecule has 0 aromatic heterocycles. The van der Waals surface area contributed by atoms with E-state index in [1.807, 2.05) is 0 Å². The minimum atomic E-state index is -0.919. The predicted molar refractivity (Wildman–Crippen MR) is 59.0 cm³/mol. The number of ether oxygens (including phenoxy) is 2. The average molecular weight is 243 g/mol. The summed E-state index contributed by atoms with van der Waals surface area (Å²) >= 11 is 5.89. The van der Waals surface area contributed by atoms with Crippen molar-refractivity contribution >= 4 is 23.4 Å². The van der Waals surface area contributed by atoms with Crippen molar-refractivity contribution in [2.45, 2.75) is 6.92 Å². The molecule has 0 amide bonds. The summed E-state index contributed by atoms with van der Waals surface area (Å²) in [6.45, 7) is 1.77. The molecule has 5 heteroatoms. The van der Waals surface area contributed by atoms with Crippen molar-refractivity contribution in [3.8, 4) is 5.75 Å². The van der Waals surface area contributed by atoms with Crippen LogP contribution in [0.2, 0.25) is 5.02 Å². The lowest BCUT2D eigenvalue weighted by Crippen LogP contribution is -2.18. The molecule has 0 saturated carbocycles. The van der Waals surface area contributed by atoms with E-state index in [-0.39, 0.29) is 17.2 Å². The highest BCUT2D eigenvalue weighted by Crippen LogP contribution is 2.28. The topological polar surface area (TPSA) is 52.6 Å². The third-order valence-electron chi connectivity index (χ3n) is 1.89. The first kappa shape index (κ1) is 12.5. The van der Waals surface area contributed by atoms with Crippen LogP contribution in [0.15, 0.2) is 18.2 Å². The first-order valence-electron chi connectivity index (χ1n) is 4.65. The summed E-state index contributed by atoms with van der Waals surface area (Å²) in [6.07, 6.45) is 0. The zero-order valence-corrected chi connectivity index (χ0v) is 9.71. The molecule has 0 bridgehead atoms. The summed E-state index contributed by atoms with van der Waals surface area (Å²) < 4.78 is 9.54. The van der Waals surface area contributed by atoms with Gasteiger partial charge in [0.25, 0.3) is 5.78 Å². The summed E-state index contributed by atoms with van der Waals surface area (Å²) in [5.74, 6) is -1.35. The number of carbonyl (C=O) groups is 2. The largest absolute Gasteiger partial charge is 0.495 e. The van der Waals surface area contributed by atoms with Gasteiger partial charge in [-0.1, -0.05) is 17.7 Å². The van der Waals surface area contributed by atoms with Crippen LogP contribution in [0.3, 0.4) is 0 Å². The summed E-state index contributed by atoms with van der Waals surface area (Å²) in [4.78, 5) is 22.8. The van der Waals surface area contributed by atoms with Gasteiger partial charge in [-0.05, 0) is 19.1 Å². The maximum Gasteiger partial charge on any atom is 0.379 e. The molecule has 0 aliphatic rings. The lowest BCUT2D eigenvalue weighted by atomic mass is 10.1. The molecule has 16 heavy (non-hydrogen) atoms. The number of esters is 1. The molecule has 1 rings (SSSR count). The second-order valence-electron chi connectivity index (χ2n) is 2.87. The van der Waals surface area contributed by atoms with E-state index >= 15 is 0 Å². The minimum Gasteiger partial charge on any atom is -0.495 e. The Morgan fingerprint density at radius 3 is 2.62 bits per heavy atom. The van der Waals surface area contributed by atoms with E-state index < -0.39 is 11.8 Å². The highest BCUT2D eigenvalue weighted by Gasteiger charge is 2.21. The molecule has 1 aromatic rings. The van der Waals surface area contributed by atoms with Crippen molar-refractivity contribution < 1.29 is 19.1 Å². The van der Waals surface area contributed by atoms with Gasteiger partial charge >= 0.3 is 5.97 Å². The van der Waals surface area contributed by atoms with Gasteiger partial charge in [0.1, 0.15) is 5.75 Å². The van der Waals surface area contributed by atoms with Crippen LogP contribution < -0.4 is 4.74 Å². The predicted octanol–water partition coefficient (Wildman–Crippen LogP) is 2.09. The van der Waals surface area contributed by atoms with Gasteiger partial charge in [-0.15, -0.1) is 0 Å². The quantitative estimate of drug-likeness (QED) is 0.461. The Kier molecular flexibility index (Phi) is 4.31. The number of methoxy groups -OCH3 is 1. The molecule has 0 aliphatic carbocycles. The Hall–Kier alpha value is -1.55. The molecular weight excluding hydrogens is 232 g/mol. The number of ketones is 1. The lowest BCUT2D eigenvalue weighted by Gasteiger charge is -2.06. The van der Waals surface area contributed by atoms with Crippen LogP contribution in [0.1, 0.15) is 17.3 Å². The highest BCUT2D eigenvalue weighted by molar-refractivity contribution is 6.46. The van der Waals surface area contributed by atoms with Crippen molar-refractivity contribution in [3.05, 3.63) is 28.8 Å². The summed E-state index contributed by atoms with van der Waals surface area (Å²) in [6, 6.07) is 4.63. The summed E-state index contributed by atoms with van der Waals surface area (Å²) in [7, 11) is 1.43. The number of hydrogen-bond acceptors (Lipinski definition) is 4. The van der Waals surface area contributed by atoms with Gasteiger partial charge in [-0.3, -0.25) is 4.79 Å². The Balaban J connectivity index is 3.04. The third kappa shape index (κ3) is 2.52. The van der Waals surface area contributed by atoms with E-state index in [0.29, 0.717) is 5.75 Å². The van der Waals surface area contributed by atoms with Crippen LogP contribution >= 0.6 is 11.6 Å². The maximum atomic E-state index is 11.6. The molecule has 0 saturated heterocycles. The van der Waals surface area contributed by atoms with E-state index in [4.69, 9.17) is 16.3 Å². The highest BCUT2D eigenvalue weighted by atomic mass is 35.5. The van der Waals surface area contributed by atoms with E-state index in [1.165, 1.54) is 13.2 Å². The molecular formula is C11H11ClO4. The number of hydrogen-bond donors (Lipinski definition) is 0. The fourth-order valence-electron chi connectivity index (χ4n) is 1.15. The Morgan fingerprint density at radius 2 is 2.06 bits per heavy atom. The van der Waals surface area contributed by atoms with Crippen molar-refractivity contribution in [2.75, 3.05) is 13.7 Å². The lowest BCUT2D eigenvalue weighted by molar-refractivity contribution is -0.137. The summed E-state index contributed by atoms with van der Waals surface area (Å²) in [5.41, 5.74) is 0.0828. The van der Waals surface area contributed by atoms with E-state index in [9.17, 15) is 9.59 Å². The molecule has 4 nitrogen and oxygen atoms in total. The number of carbonyl (C=O) groups excluding carboxylic acids is 2. The molecule has 0 N–H and O–H groups in total. The number of rotatable bonds is 4. The zero-order valence-electron chi connectivity index (χ0n) is 8.95. The Morgan fingerprint density at radius 1 is 1.38 bits per heavy atom. The van der Waals surface area contributed by atoms with Gasteiger partial charge < -0.3 is 9.47 Å². The third-order valence-corrected chi connectivity index (χ3v) is 2.28. The number of benzene rings is 1. The monoisotopic (exact) mass is 242 g/mol. The van der Waals surface area contributed by atoms with Crippen LogP contribution in [-0.2, 0) is 9.53 Å². The first-order chi connectivity index (χ1) is 7.61. The smallest absolute Gasteiger partial charge is 0.379 e. The SMILES string of the molecule is CCOC(=O)C(=O)c1cccc(OC)c1Cl. The van der Waals surface area contributed by atoms with E-state index in [0.717, 1.165) is 0 Å². The molecule has 0 spiro atoms. The Bertz CT molecular complexity index is 414.